The third kappa shape index (κ3) is 13.5. The second kappa shape index (κ2) is 20.1. The summed E-state index contributed by atoms with van der Waals surface area (Å²) in [5, 5.41) is 8.98. The average Bonchev–Trinajstić information content (AvgIpc) is 3.27. The van der Waals surface area contributed by atoms with Crippen molar-refractivity contribution in [3.8, 4) is 0 Å². The van der Waals surface area contributed by atoms with Gasteiger partial charge in [0.15, 0.2) is 6.20 Å². The highest BCUT2D eigenvalue weighted by Gasteiger charge is 2.47. The maximum absolute atomic E-state index is 14.2. The Bertz CT molecular complexity index is 2640. The molecule has 5 nitrogen and oxygen atoms in total. The van der Waals surface area contributed by atoms with E-state index in [1.54, 1.807) is 24.3 Å². The molecule has 0 radical (unpaired) electrons. The van der Waals surface area contributed by atoms with Crippen LogP contribution in [-0.2, 0) is 56.0 Å². The molecule has 0 spiro atoms. The number of halogens is 24. The van der Waals surface area contributed by atoms with Crippen molar-refractivity contribution in [2.75, 3.05) is 0 Å². The van der Waals surface area contributed by atoms with Crippen LogP contribution in [0.4, 0.5) is 105 Å². The van der Waals surface area contributed by atoms with E-state index >= 15 is 0 Å². The first-order valence-corrected chi connectivity index (χ1v) is 20.0. The Balaban J connectivity index is 0.000000483. The lowest BCUT2D eigenvalue weighted by molar-refractivity contribution is -0.686. The van der Waals surface area contributed by atoms with Crippen LogP contribution in [0.2, 0.25) is 0 Å². The fourth-order valence-electron chi connectivity index (χ4n) is 7.64. The van der Waals surface area contributed by atoms with E-state index in [4.69, 9.17) is 5.11 Å². The van der Waals surface area contributed by atoms with Crippen LogP contribution in [0.3, 0.4) is 0 Å². The molecule has 0 bridgehead atoms. The largest absolute Gasteiger partial charge is 0.473 e. The van der Waals surface area contributed by atoms with Crippen molar-refractivity contribution < 1.29 is 125 Å². The van der Waals surface area contributed by atoms with Crippen molar-refractivity contribution in [3.63, 3.8) is 0 Å². The van der Waals surface area contributed by atoms with Crippen LogP contribution < -0.4 is 26.4 Å². The molecule has 402 valence electrons. The summed E-state index contributed by atoms with van der Waals surface area (Å²) in [5.41, 5.74) is -29.7. The van der Waals surface area contributed by atoms with Crippen LogP contribution in [0.25, 0.3) is 0 Å². The van der Waals surface area contributed by atoms with Crippen LogP contribution in [0.1, 0.15) is 65.4 Å². The number of ketones is 1. The number of nitrogens with zero attached hydrogens (tertiary/aromatic N) is 2. The molecular weight excluding hydrogens is 1080 g/mol. The Morgan fingerprint density at radius 1 is 0.413 bits per heavy atom. The Morgan fingerprint density at radius 3 is 0.893 bits per heavy atom. The molecule has 0 aliphatic carbocycles. The molecule has 1 heterocycles. The fraction of sp³-hybridized carbons (Fsp3) is 0.200. The van der Waals surface area contributed by atoms with Gasteiger partial charge in [-0.25, -0.2) is 4.79 Å². The van der Waals surface area contributed by atoms with Crippen molar-refractivity contribution in [3.05, 3.63) is 177 Å². The standard InChI is InChI=1S/C32H12BF24.C13H10N2O3/c34-25(35,36)13-1-14(26(37,38)39)6-21(5-13)33(22-7-15(27(40,41)42)2-16(8-22)28(43,44)45,23-9-17(29(46,47)48)3-18(10-23)30(49,50)51)24-11-19(31(52,53)54)4-20(12-24)32(55,56)57;16-12(10-4-2-1-3-5-10)9-15-7-6-14-8-11(15)13(17)18/h1-12H;1-8H,9H2/q-1;/p+1. The van der Waals surface area contributed by atoms with Crippen LogP contribution in [0.5, 0.6) is 0 Å². The molecule has 30 heteroatoms. The molecule has 0 unspecified atom stereocenters. The Labute approximate surface area is 402 Å². The molecule has 0 aliphatic rings. The molecule has 0 aliphatic heterocycles. The van der Waals surface area contributed by atoms with Crippen molar-refractivity contribution >= 4 is 39.7 Å². The molecule has 6 rings (SSSR count). The van der Waals surface area contributed by atoms with E-state index in [1.165, 1.54) is 23.2 Å². The second-order valence-electron chi connectivity index (χ2n) is 15.9. The number of aromatic nitrogens is 2. The van der Waals surface area contributed by atoms with Gasteiger partial charge in [-0.1, -0.05) is 78.9 Å². The number of carboxylic acids is 1. The molecule has 0 amide bonds. The van der Waals surface area contributed by atoms with Gasteiger partial charge in [0.25, 0.3) is 0 Å². The van der Waals surface area contributed by atoms with Crippen LogP contribution in [0, 0.1) is 0 Å². The maximum atomic E-state index is 14.2. The number of benzene rings is 5. The van der Waals surface area contributed by atoms with E-state index in [-0.39, 0.29) is 18.0 Å². The molecule has 75 heavy (non-hydrogen) atoms. The highest BCUT2D eigenvalue weighted by atomic mass is 19.4. The summed E-state index contributed by atoms with van der Waals surface area (Å²) in [6, 6.07) is -0.0611. The SMILES string of the molecule is FC(F)(F)c1cc([B-](c2cc(C(F)(F)F)cc(C(F)(F)F)c2)(c2cc(C(F)(F)F)cc(C(F)(F)F)c2)c2cc(C(F)(F)F)cc(C(F)(F)F)c2)cc(C(F)(F)F)c1.O=C(C[n+]1ccncc1C(=O)O)c1ccccc1. The Hall–Kier alpha value is -7.30. The van der Waals surface area contributed by atoms with E-state index in [0.717, 1.165) is 0 Å². The number of Topliss-reactive ketones (excluding diaryl/α,β-unsaturated/α-hetero) is 1. The van der Waals surface area contributed by atoms with Crippen LogP contribution in [0.15, 0.2) is 122 Å². The first kappa shape index (κ1) is 58.6. The van der Waals surface area contributed by atoms with Crippen LogP contribution >= 0.6 is 0 Å². The summed E-state index contributed by atoms with van der Waals surface area (Å²) >= 11 is 0. The number of hydrogen-bond acceptors (Lipinski definition) is 3. The Kier molecular flexibility index (Phi) is 15.7. The van der Waals surface area contributed by atoms with Gasteiger partial charge in [0.2, 0.25) is 12.3 Å². The summed E-state index contributed by atoms with van der Waals surface area (Å²) in [7, 11) is 0. The highest BCUT2D eigenvalue weighted by Crippen LogP contribution is 2.41. The van der Waals surface area contributed by atoms with Crippen LogP contribution in [-0.4, -0.2) is 28.0 Å². The molecule has 6 aromatic rings. The minimum Gasteiger partial charge on any atom is -0.473 e. The lowest BCUT2D eigenvalue weighted by Crippen LogP contribution is -2.75. The zero-order valence-electron chi connectivity index (χ0n) is 36.1. The van der Waals surface area contributed by atoms with E-state index in [0.29, 0.717) is 5.56 Å². The van der Waals surface area contributed by atoms with Gasteiger partial charge in [0, 0.05) is 5.56 Å². The summed E-state index contributed by atoms with van der Waals surface area (Å²) in [5.74, 6) is -1.25. The molecule has 0 atom stereocenters. The first-order valence-electron chi connectivity index (χ1n) is 20.0. The summed E-state index contributed by atoms with van der Waals surface area (Å²) < 4.78 is 342. The quantitative estimate of drug-likeness (QED) is 0.0713. The lowest BCUT2D eigenvalue weighted by atomic mass is 9.12. The molecule has 1 N–H and O–H groups in total. The van der Waals surface area contributed by atoms with Gasteiger partial charge in [0.05, 0.1) is 50.7 Å². The summed E-state index contributed by atoms with van der Waals surface area (Å²) in [6.45, 7) is -0.0197. The van der Waals surface area contributed by atoms with Gasteiger partial charge in [0.1, 0.15) is 12.3 Å². The molecule has 0 saturated heterocycles. The monoisotopic (exact) mass is 1110 g/mol. The molecular formula is C45H23BF24N2O3. The molecule has 5 aromatic carbocycles. The summed E-state index contributed by atoms with van der Waals surface area (Å²) in [6.07, 6.45) is -50.7. The number of aromatic carboxylic acids is 1. The lowest BCUT2D eigenvalue weighted by Gasteiger charge is -2.46. The van der Waals surface area contributed by atoms with Gasteiger partial charge >= 0.3 is 61.1 Å². The van der Waals surface area contributed by atoms with Gasteiger partial charge in [-0.2, -0.15) is 132 Å². The minimum absolute atomic E-state index is 0.0122. The van der Waals surface area contributed by atoms with Gasteiger partial charge in [-0.05, 0) is 24.3 Å². The van der Waals surface area contributed by atoms with E-state index in [2.05, 4.69) is 4.98 Å². The fourth-order valence-corrected chi connectivity index (χ4v) is 7.64. The van der Waals surface area contributed by atoms with Crippen molar-refractivity contribution in [1.29, 1.82) is 0 Å². The van der Waals surface area contributed by atoms with Gasteiger partial charge < -0.3 is 5.11 Å². The number of alkyl halides is 24. The predicted octanol–water partition coefficient (Wildman–Crippen LogP) is 12.2. The highest BCUT2D eigenvalue weighted by molar-refractivity contribution is 7.20. The zero-order valence-corrected chi connectivity index (χ0v) is 36.1. The smallest absolute Gasteiger partial charge is 0.416 e. The normalized spacial score (nSPS) is 13.3. The molecule has 0 fully saturated rings. The van der Waals surface area contributed by atoms with E-state index in [9.17, 15) is 115 Å². The zero-order chi connectivity index (χ0) is 56.9. The number of carbonyl (C=O) groups is 2. The predicted molar refractivity (Wildman–Crippen MR) is 212 cm³/mol. The average molecular weight is 1110 g/mol. The third-order valence-corrected chi connectivity index (χ3v) is 10.9. The minimum atomic E-state index is -6.13. The van der Waals surface area contributed by atoms with Crippen molar-refractivity contribution in [1.82, 2.24) is 4.98 Å². The van der Waals surface area contributed by atoms with Gasteiger partial charge in [-0.15, -0.1) is 0 Å². The topological polar surface area (TPSA) is 71.1 Å². The first-order chi connectivity index (χ1) is 33.9. The van der Waals surface area contributed by atoms with Gasteiger partial charge in [-0.3, -0.25) is 9.78 Å². The molecule has 1 aromatic heterocycles. The number of carboxylic acid groups (broad SMARTS) is 1. The van der Waals surface area contributed by atoms with Crippen molar-refractivity contribution in [2.24, 2.45) is 0 Å². The number of rotatable bonds is 8. The number of carbonyl (C=O) groups excluding carboxylic acids is 1. The second-order valence-corrected chi connectivity index (χ2v) is 15.9. The molecule has 0 saturated carbocycles. The van der Waals surface area contributed by atoms with Crippen molar-refractivity contribution in [2.45, 2.75) is 56.0 Å². The third-order valence-electron chi connectivity index (χ3n) is 10.9. The Morgan fingerprint density at radius 2 is 0.667 bits per heavy atom. The number of hydrogen-bond donors (Lipinski definition) is 1. The van der Waals surface area contributed by atoms with E-state index in [1.807, 2.05) is 6.07 Å². The van der Waals surface area contributed by atoms with E-state index < -0.39 is 201 Å². The maximum Gasteiger partial charge on any atom is 0.416 e. The summed E-state index contributed by atoms with van der Waals surface area (Å²) in [4.78, 5) is 26.7.